The first-order chi connectivity index (χ1) is 12.2. The van der Waals surface area contributed by atoms with Crippen LogP contribution in [0.3, 0.4) is 0 Å². The average molecular weight is 360 g/mol. The van der Waals surface area contributed by atoms with Crippen LogP contribution in [0.4, 0.5) is 0 Å². The predicted octanol–water partition coefficient (Wildman–Crippen LogP) is 5.27. The summed E-state index contributed by atoms with van der Waals surface area (Å²) in [6.45, 7) is 3.34. The van der Waals surface area contributed by atoms with Crippen molar-refractivity contribution >= 4 is 11.6 Å². The standard InChI is InChI=1S/C21H26ClNO2/c1-15-7-3-4-8-16(15)14-25-21-12-19(22)17(11-20(21)24-2)13-23-18-9-5-6-10-18/h3-4,7-8,11-12,18,23H,5-6,9-10,13-14H2,1-2H3. The molecule has 0 aliphatic heterocycles. The van der Waals surface area contributed by atoms with Crippen LogP contribution >= 0.6 is 11.6 Å². The first-order valence-electron chi connectivity index (χ1n) is 8.94. The molecule has 1 N–H and O–H groups in total. The van der Waals surface area contributed by atoms with Gasteiger partial charge in [-0.25, -0.2) is 0 Å². The lowest BCUT2D eigenvalue weighted by Gasteiger charge is -2.16. The maximum absolute atomic E-state index is 6.48. The molecule has 25 heavy (non-hydrogen) atoms. The molecule has 0 amide bonds. The predicted molar refractivity (Wildman–Crippen MR) is 103 cm³/mol. The van der Waals surface area contributed by atoms with Crippen molar-refractivity contribution in [1.29, 1.82) is 0 Å². The van der Waals surface area contributed by atoms with Crippen molar-refractivity contribution in [3.63, 3.8) is 0 Å². The van der Waals surface area contributed by atoms with Crippen LogP contribution in [0.1, 0.15) is 42.4 Å². The highest BCUT2D eigenvalue weighted by molar-refractivity contribution is 6.31. The summed E-state index contributed by atoms with van der Waals surface area (Å²) in [5.74, 6) is 1.40. The zero-order valence-electron chi connectivity index (χ0n) is 15.0. The molecule has 4 heteroatoms. The molecule has 1 fully saturated rings. The molecule has 0 atom stereocenters. The van der Waals surface area contributed by atoms with Crippen molar-refractivity contribution in [2.75, 3.05) is 7.11 Å². The van der Waals surface area contributed by atoms with Crippen LogP contribution < -0.4 is 14.8 Å². The van der Waals surface area contributed by atoms with Gasteiger partial charge in [-0.1, -0.05) is 48.7 Å². The van der Waals surface area contributed by atoms with Gasteiger partial charge in [0.05, 0.1) is 7.11 Å². The molecule has 0 spiro atoms. The number of benzene rings is 2. The zero-order chi connectivity index (χ0) is 17.6. The number of rotatable bonds is 7. The van der Waals surface area contributed by atoms with Crippen molar-refractivity contribution in [2.24, 2.45) is 0 Å². The van der Waals surface area contributed by atoms with E-state index in [-0.39, 0.29) is 0 Å². The third kappa shape index (κ3) is 4.68. The quantitative estimate of drug-likeness (QED) is 0.730. The first kappa shape index (κ1) is 18.1. The van der Waals surface area contributed by atoms with Crippen LogP contribution in [-0.2, 0) is 13.2 Å². The van der Waals surface area contributed by atoms with E-state index in [9.17, 15) is 0 Å². The molecule has 1 aliphatic carbocycles. The maximum Gasteiger partial charge on any atom is 0.163 e. The lowest BCUT2D eigenvalue weighted by atomic mass is 10.1. The third-order valence-corrected chi connectivity index (χ3v) is 5.27. The molecule has 3 rings (SSSR count). The molecule has 1 saturated carbocycles. The summed E-state index contributed by atoms with van der Waals surface area (Å²) in [6.07, 6.45) is 5.15. The summed E-state index contributed by atoms with van der Waals surface area (Å²) in [5.41, 5.74) is 3.42. The van der Waals surface area contributed by atoms with Crippen molar-refractivity contribution in [3.05, 3.63) is 58.1 Å². The van der Waals surface area contributed by atoms with E-state index in [0.717, 1.165) is 23.4 Å². The topological polar surface area (TPSA) is 30.5 Å². The van der Waals surface area contributed by atoms with Crippen molar-refractivity contribution in [3.8, 4) is 11.5 Å². The van der Waals surface area contributed by atoms with Crippen molar-refractivity contribution in [1.82, 2.24) is 5.32 Å². The minimum absolute atomic E-state index is 0.499. The number of halogens is 1. The van der Waals surface area contributed by atoms with Crippen LogP contribution in [0.15, 0.2) is 36.4 Å². The highest BCUT2D eigenvalue weighted by Crippen LogP contribution is 2.34. The molecule has 134 valence electrons. The Hall–Kier alpha value is -1.71. The Morgan fingerprint density at radius 2 is 1.84 bits per heavy atom. The number of aryl methyl sites for hydroxylation is 1. The van der Waals surface area contributed by atoms with Gasteiger partial charge in [0.2, 0.25) is 0 Å². The second-order valence-electron chi connectivity index (χ2n) is 6.67. The number of methoxy groups -OCH3 is 1. The van der Waals surface area contributed by atoms with E-state index in [1.807, 2.05) is 24.3 Å². The summed E-state index contributed by atoms with van der Waals surface area (Å²) in [7, 11) is 1.66. The molecule has 0 heterocycles. The van der Waals surface area contributed by atoms with Gasteiger partial charge < -0.3 is 14.8 Å². The van der Waals surface area contributed by atoms with Gasteiger partial charge in [0.25, 0.3) is 0 Å². The molecule has 0 saturated heterocycles. The fourth-order valence-corrected chi connectivity index (χ4v) is 3.52. The van der Waals surface area contributed by atoms with Gasteiger partial charge in [0.15, 0.2) is 11.5 Å². The maximum atomic E-state index is 6.48. The molecular formula is C21H26ClNO2. The summed E-state index contributed by atoms with van der Waals surface area (Å²) in [4.78, 5) is 0. The second kappa shape index (κ2) is 8.59. The molecule has 0 aromatic heterocycles. The van der Waals surface area contributed by atoms with E-state index in [0.29, 0.717) is 23.4 Å². The van der Waals surface area contributed by atoms with Crippen LogP contribution in [0.25, 0.3) is 0 Å². The van der Waals surface area contributed by atoms with Gasteiger partial charge in [0.1, 0.15) is 6.61 Å². The molecule has 3 nitrogen and oxygen atoms in total. The smallest absolute Gasteiger partial charge is 0.163 e. The van der Waals surface area contributed by atoms with Crippen LogP contribution in [-0.4, -0.2) is 13.2 Å². The number of nitrogens with one attached hydrogen (secondary N) is 1. The summed E-state index contributed by atoms with van der Waals surface area (Å²) in [6, 6.07) is 12.7. The van der Waals surface area contributed by atoms with Gasteiger partial charge in [-0.15, -0.1) is 0 Å². The molecule has 2 aromatic rings. The van der Waals surface area contributed by atoms with E-state index < -0.39 is 0 Å². The highest BCUT2D eigenvalue weighted by atomic mass is 35.5. The van der Waals surface area contributed by atoms with E-state index >= 15 is 0 Å². The Bertz CT molecular complexity index is 711. The first-order valence-corrected chi connectivity index (χ1v) is 9.32. The molecule has 2 aromatic carbocycles. The minimum Gasteiger partial charge on any atom is -0.493 e. The summed E-state index contributed by atoms with van der Waals surface area (Å²) < 4.78 is 11.5. The van der Waals surface area contributed by atoms with Crippen LogP contribution in [0, 0.1) is 6.92 Å². The molecule has 0 bridgehead atoms. The van der Waals surface area contributed by atoms with Crippen molar-refractivity contribution < 1.29 is 9.47 Å². The normalized spacial score (nSPS) is 14.7. The van der Waals surface area contributed by atoms with E-state index in [1.54, 1.807) is 7.11 Å². The Kier molecular flexibility index (Phi) is 6.22. The zero-order valence-corrected chi connectivity index (χ0v) is 15.7. The Labute approximate surface area is 155 Å². The van der Waals surface area contributed by atoms with Gasteiger partial charge in [-0.2, -0.15) is 0 Å². The average Bonchev–Trinajstić information content (AvgIpc) is 3.13. The van der Waals surface area contributed by atoms with Gasteiger partial charge >= 0.3 is 0 Å². The molecule has 0 radical (unpaired) electrons. The number of ether oxygens (including phenoxy) is 2. The van der Waals surface area contributed by atoms with Gasteiger partial charge in [-0.05, 0) is 42.5 Å². The summed E-state index contributed by atoms with van der Waals surface area (Å²) >= 11 is 6.48. The Morgan fingerprint density at radius 1 is 1.08 bits per heavy atom. The van der Waals surface area contributed by atoms with E-state index in [1.165, 1.54) is 31.2 Å². The largest absolute Gasteiger partial charge is 0.493 e. The van der Waals surface area contributed by atoms with Gasteiger partial charge in [-0.3, -0.25) is 0 Å². The van der Waals surface area contributed by atoms with Crippen molar-refractivity contribution in [2.45, 2.75) is 51.8 Å². The number of hydrogen-bond donors (Lipinski definition) is 1. The second-order valence-corrected chi connectivity index (χ2v) is 7.08. The van der Waals surface area contributed by atoms with E-state index in [4.69, 9.17) is 21.1 Å². The fraction of sp³-hybridized carbons (Fsp3) is 0.429. The monoisotopic (exact) mass is 359 g/mol. The molecule has 0 unspecified atom stereocenters. The Balaban J connectivity index is 1.69. The SMILES string of the molecule is COc1cc(CNC2CCCC2)c(Cl)cc1OCc1ccccc1C. The lowest BCUT2D eigenvalue weighted by Crippen LogP contribution is -2.25. The van der Waals surface area contributed by atoms with Gasteiger partial charge in [0, 0.05) is 23.7 Å². The summed E-state index contributed by atoms with van der Waals surface area (Å²) in [5, 5.41) is 4.31. The fourth-order valence-electron chi connectivity index (χ4n) is 3.30. The minimum atomic E-state index is 0.499. The highest BCUT2D eigenvalue weighted by Gasteiger charge is 2.16. The molecule has 1 aliphatic rings. The van der Waals surface area contributed by atoms with Crippen LogP contribution in [0.2, 0.25) is 5.02 Å². The molecular weight excluding hydrogens is 334 g/mol. The van der Waals surface area contributed by atoms with E-state index in [2.05, 4.69) is 24.4 Å². The lowest BCUT2D eigenvalue weighted by molar-refractivity contribution is 0.283. The van der Waals surface area contributed by atoms with Crippen LogP contribution in [0.5, 0.6) is 11.5 Å². The number of hydrogen-bond acceptors (Lipinski definition) is 3. The Morgan fingerprint density at radius 3 is 2.56 bits per heavy atom. The third-order valence-electron chi connectivity index (χ3n) is 4.91.